The molecule has 1 aromatic rings. The summed E-state index contributed by atoms with van der Waals surface area (Å²) in [6.07, 6.45) is -0.211. The molecule has 0 aliphatic rings. The van der Waals surface area contributed by atoms with Crippen molar-refractivity contribution in [2.24, 2.45) is 0 Å². The second-order valence-corrected chi connectivity index (χ2v) is 5.52. The first kappa shape index (κ1) is 18.8. The van der Waals surface area contributed by atoms with E-state index in [0.29, 0.717) is 6.42 Å². The van der Waals surface area contributed by atoms with Crippen LogP contribution in [0, 0.1) is 0 Å². The lowest BCUT2D eigenvalue weighted by Gasteiger charge is -2.32. The minimum atomic E-state index is -5.01. The van der Waals surface area contributed by atoms with Gasteiger partial charge in [-0.2, -0.15) is 13.2 Å². The van der Waals surface area contributed by atoms with Crippen LogP contribution in [0.3, 0.4) is 0 Å². The van der Waals surface area contributed by atoms with Gasteiger partial charge in [0.1, 0.15) is 0 Å². The predicted molar refractivity (Wildman–Crippen MR) is 85.5 cm³/mol. The number of ether oxygens (including phenoxy) is 2. The van der Waals surface area contributed by atoms with Crippen molar-refractivity contribution in [1.82, 2.24) is 0 Å². The summed E-state index contributed by atoms with van der Waals surface area (Å²) in [4.78, 5) is 12.3. The minimum absolute atomic E-state index is 0.196. The third-order valence-electron chi connectivity index (χ3n) is 3.79. The summed E-state index contributed by atoms with van der Waals surface area (Å²) in [5.41, 5.74) is -3.60. The fourth-order valence-electron chi connectivity index (χ4n) is 2.44. The highest BCUT2D eigenvalue weighted by molar-refractivity contribution is 5.82. The molecule has 0 heterocycles. The molecular formula is C18H25F3O3. The van der Waals surface area contributed by atoms with Crippen LogP contribution >= 0.6 is 0 Å². The second kappa shape index (κ2) is 9.67. The SMILES string of the molecule is [2H][C@H](CCCCCCC)OC(=O)[C@](OC)(c1ccccc1)C(F)(F)F. The standard InChI is InChI=1S/C18H25F3O3/c1-3-4-5-6-7-11-14-24-16(22)17(23-2,18(19,20)21)15-12-9-8-10-13-15/h8-10,12-13H,3-7,11,14H2,1-2H3/t17-/m1/s1/i14D/t14-,17-. The first-order chi connectivity index (χ1) is 11.8. The van der Waals surface area contributed by atoms with E-state index >= 15 is 0 Å². The molecule has 0 saturated heterocycles. The third-order valence-corrected chi connectivity index (χ3v) is 3.79. The average molecular weight is 347 g/mol. The molecule has 0 spiro atoms. The number of alkyl halides is 3. The molecule has 0 aromatic heterocycles. The van der Waals surface area contributed by atoms with E-state index in [1.807, 2.05) is 0 Å². The van der Waals surface area contributed by atoms with Crippen LogP contribution < -0.4 is 0 Å². The van der Waals surface area contributed by atoms with Crippen LogP contribution in [0.1, 0.15) is 52.4 Å². The zero-order valence-electron chi connectivity index (χ0n) is 15.1. The first-order valence-electron chi connectivity index (χ1n) is 8.68. The number of methoxy groups -OCH3 is 1. The fourth-order valence-corrected chi connectivity index (χ4v) is 2.44. The van der Waals surface area contributed by atoms with Crippen molar-refractivity contribution < 1.29 is 28.8 Å². The maximum Gasteiger partial charge on any atom is 0.432 e. The van der Waals surface area contributed by atoms with Gasteiger partial charge < -0.3 is 9.47 Å². The van der Waals surface area contributed by atoms with Crippen LogP contribution in [0.5, 0.6) is 0 Å². The Morgan fingerprint density at radius 3 is 2.21 bits per heavy atom. The molecule has 1 aromatic carbocycles. The number of rotatable bonds is 10. The van der Waals surface area contributed by atoms with E-state index in [9.17, 15) is 18.0 Å². The van der Waals surface area contributed by atoms with Gasteiger partial charge in [0.25, 0.3) is 5.60 Å². The van der Waals surface area contributed by atoms with Crippen LogP contribution in [0.2, 0.25) is 0 Å². The maximum absolute atomic E-state index is 13.7. The molecule has 0 aliphatic heterocycles. The topological polar surface area (TPSA) is 35.5 Å². The molecule has 0 saturated carbocycles. The van der Waals surface area contributed by atoms with Gasteiger partial charge in [-0.05, 0) is 6.42 Å². The van der Waals surface area contributed by atoms with E-state index in [0.717, 1.165) is 44.9 Å². The summed E-state index contributed by atoms with van der Waals surface area (Å²) in [6.45, 7) is 0.717. The van der Waals surface area contributed by atoms with Crippen LogP contribution in [-0.2, 0) is 19.9 Å². The molecule has 0 unspecified atom stereocenters. The van der Waals surface area contributed by atoms with Crippen LogP contribution in [0.25, 0.3) is 0 Å². The van der Waals surface area contributed by atoms with E-state index in [1.165, 1.54) is 18.2 Å². The molecule has 0 N–H and O–H groups in total. The van der Waals surface area contributed by atoms with Crippen LogP contribution in [0.4, 0.5) is 13.2 Å². The van der Waals surface area contributed by atoms with E-state index in [-0.39, 0.29) is 12.0 Å². The van der Waals surface area contributed by atoms with E-state index in [2.05, 4.69) is 11.7 Å². The quantitative estimate of drug-likeness (QED) is 0.442. The number of hydrogen-bond acceptors (Lipinski definition) is 3. The summed E-state index contributed by atoms with van der Waals surface area (Å²) in [7, 11) is 0.811. The largest absolute Gasteiger partial charge is 0.463 e. The minimum Gasteiger partial charge on any atom is -0.463 e. The third kappa shape index (κ3) is 4.97. The molecule has 3 nitrogen and oxygen atoms in total. The monoisotopic (exact) mass is 347 g/mol. The van der Waals surface area contributed by atoms with Gasteiger partial charge in [0.05, 0.1) is 7.95 Å². The predicted octanol–water partition coefficient (Wildman–Crippen LogP) is 4.99. The summed E-state index contributed by atoms with van der Waals surface area (Å²) < 4.78 is 58.1. The van der Waals surface area contributed by atoms with Gasteiger partial charge >= 0.3 is 12.1 Å². The van der Waals surface area contributed by atoms with Gasteiger partial charge in [-0.15, -0.1) is 0 Å². The van der Waals surface area contributed by atoms with Gasteiger partial charge in [0.2, 0.25) is 0 Å². The molecule has 136 valence electrons. The van der Waals surface area contributed by atoms with Crippen molar-refractivity contribution in [2.75, 3.05) is 13.7 Å². The van der Waals surface area contributed by atoms with Gasteiger partial charge in [-0.3, -0.25) is 0 Å². The number of benzene rings is 1. The Morgan fingerprint density at radius 2 is 1.67 bits per heavy atom. The number of unbranched alkanes of at least 4 members (excludes halogenated alkanes) is 4. The summed E-state index contributed by atoms with van der Waals surface area (Å²) in [5.74, 6) is -1.61. The molecule has 0 amide bonds. The lowest BCUT2D eigenvalue weighted by atomic mass is 9.93. The smallest absolute Gasteiger partial charge is 0.432 e. The van der Waals surface area contributed by atoms with E-state index in [4.69, 9.17) is 6.11 Å². The molecule has 2 atom stereocenters. The summed E-state index contributed by atoms with van der Waals surface area (Å²) in [5, 5.41) is 0. The Balaban J connectivity index is 2.84. The number of hydrogen-bond donors (Lipinski definition) is 0. The Morgan fingerprint density at radius 1 is 1.08 bits per heavy atom. The van der Waals surface area contributed by atoms with Gasteiger partial charge in [-0.25, -0.2) is 4.79 Å². The zero-order valence-corrected chi connectivity index (χ0v) is 14.1. The first-order valence-corrected chi connectivity index (χ1v) is 8.10. The van der Waals surface area contributed by atoms with Gasteiger partial charge in [0.15, 0.2) is 0 Å². The molecule has 24 heavy (non-hydrogen) atoms. The Hall–Kier alpha value is -1.56. The Labute approximate surface area is 142 Å². The zero-order chi connectivity index (χ0) is 18.9. The Kier molecular flexibility index (Phi) is 7.56. The molecule has 6 heteroatoms. The number of carbonyl (C=O) groups is 1. The highest BCUT2D eigenvalue weighted by Gasteiger charge is 2.64. The molecule has 0 fully saturated rings. The maximum atomic E-state index is 13.7. The van der Waals surface area contributed by atoms with Crippen molar-refractivity contribution >= 4 is 5.97 Å². The molecule has 1 rings (SSSR count). The molecular weight excluding hydrogens is 321 g/mol. The normalized spacial score (nSPS) is 16.1. The van der Waals surface area contributed by atoms with Crippen LogP contribution in [-0.4, -0.2) is 25.8 Å². The van der Waals surface area contributed by atoms with Crippen molar-refractivity contribution in [3.8, 4) is 0 Å². The second-order valence-electron chi connectivity index (χ2n) is 5.52. The van der Waals surface area contributed by atoms with Crippen molar-refractivity contribution in [3.05, 3.63) is 35.9 Å². The lowest BCUT2D eigenvalue weighted by Crippen LogP contribution is -2.51. The summed E-state index contributed by atoms with van der Waals surface area (Å²) in [6, 6.07) is 6.61. The van der Waals surface area contributed by atoms with E-state index in [1.54, 1.807) is 0 Å². The fraction of sp³-hybridized carbons (Fsp3) is 0.611. The summed E-state index contributed by atoms with van der Waals surface area (Å²) >= 11 is 0. The number of halogens is 3. The van der Waals surface area contributed by atoms with Crippen molar-refractivity contribution in [3.63, 3.8) is 0 Å². The highest BCUT2D eigenvalue weighted by Crippen LogP contribution is 2.42. The molecule has 0 bridgehead atoms. The molecule has 0 radical (unpaired) electrons. The molecule has 0 aliphatic carbocycles. The van der Waals surface area contributed by atoms with E-state index < -0.39 is 24.3 Å². The Bertz CT molecular complexity index is 522. The van der Waals surface area contributed by atoms with Crippen LogP contribution in [0.15, 0.2) is 30.3 Å². The average Bonchev–Trinajstić information content (AvgIpc) is 2.55. The number of carbonyl (C=O) groups excluding carboxylic acids is 1. The van der Waals surface area contributed by atoms with Gasteiger partial charge in [-0.1, -0.05) is 69.4 Å². The number of esters is 1. The van der Waals surface area contributed by atoms with Gasteiger partial charge in [0, 0.05) is 12.7 Å². The highest BCUT2D eigenvalue weighted by atomic mass is 19.4. The van der Waals surface area contributed by atoms with Crippen molar-refractivity contribution in [2.45, 2.75) is 57.2 Å². The van der Waals surface area contributed by atoms with Crippen molar-refractivity contribution in [1.29, 1.82) is 0 Å². The lowest BCUT2D eigenvalue weighted by molar-refractivity contribution is -0.276.